The minimum absolute atomic E-state index is 0.0546. The van der Waals surface area contributed by atoms with Gasteiger partial charge < -0.3 is 39.0 Å². The Kier molecular flexibility index (Phi) is 11.0. The summed E-state index contributed by atoms with van der Waals surface area (Å²) in [4.78, 5) is 39.5. The van der Waals surface area contributed by atoms with Gasteiger partial charge in [0.05, 0.1) is 17.5 Å². The molecule has 1 saturated carbocycles. The molecule has 0 spiro atoms. The number of nitrogens with zero attached hydrogens (tertiary/aromatic N) is 5. The monoisotopic (exact) mass is 692 g/mol. The molecule has 2 aliphatic rings. The number of carbonyl (C=O) groups excluding carboxylic acids is 2. The van der Waals surface area contributed by atoms with Crippen molar-refractivity contribution in [1.29, 1.82) is 0 Å². The maximum absolute atomic E-state index is 13.8. The van der Waals surface area contributed by atoms with E-state index in [-0.39, 0.29) is 30.3 Å². The first-order valence-corrected chi connectivity index (χ1v) is 17.9. The van der Waals surface area contributed by atoms with E-state index in [4.69, 9.17) is 24.7 Å². The molecule has 2 aromatic heterocycles. The third-order valence-corrected chi connectivity index (χ3v) is 9.13. The second-order valence-corrected chi connectivity index (χ2v) is 16.0. The number of hydrogen-bond acceptors (Lipinski definition) is 9. The summed E-state index contributed by atoms with van der Waals surface area (Å²) in [6.45, 7) is 18.8. The predicted octanol–water partition coefficient (Wildman–Crippen LogP) is 6.76. The first-order chi connectivity index (χ1) is 23.4. The van der Waals surface area contributed by atoms with Gasteiger partial charge in [-0.05, 0) is 92.2 Å². The lowest BCUT2D eigenvalue weighted by Crippen LogP contribution is -2.44. The van der Waals surface area contributed by atoms with Crippen molar-refractivity contribution in [3.05, 3.63) is 54.0 Å². The standard InChI is InChI=1S/C38H56N6O6/c1-10-26-23-44(33-29(26)32(39)40-24-41-33)28-21-27(30-31(28)48-38(8,9)47-30)22-43(35(46)50-37(5,6)7)19-14-18-42(34(45)49-36(2,3)4)20-17-25-15-12-11-13-16-25/h11-13,15-16,23-24,27-28,30-31H,10,14,17-22H2,1-9H3,(H2,39,40,41)/t27-,28-,30-,31+/m1/s1. The van der Waals surface area contributed by atoms with Gasteiger partial charge in [0, 0.05) is 38.3 Å². The number of rotatable bonds is 11. The molecule has 4 atom stereocenters. The molecule has 12 heteroatoms. The minimum atomic E-state index is -0.791. The van der Waals surface area contributed by atoms with Gasteiger partial charge in [0.15, 0.2) is 5.79 Å². The molecule has 0 unspecified atom stereocenters. The molecule has 1 saturated heterocycles. The highest BCUT2D eigenvalue weighted by Crippen LogP contribution is 2.48. The first-order valence-electron chi connectivity index (χ1n) is 17.9. The smallest absolute Gasteiger partial charge is 0.410 e. The average molecular weight is 693 g/mol. The van der Waals surface area contributed by atoms with E-state index in [9.17, 15) is 9.59 Å². The molecule has 12 nitrogen and oxygen atoms in total. The first kappa shape index (κ1) is 37.4. The van der Waals surface area contributed by atoms with Crippen molar-refractivity contribution in [2.24, 2.45) is 5.92 Å². The minimum Gasteiger partial charge on any atom is -0.444 e. The van der Waals surface area contributed by atoms with Crippen LogP contribution in [0.15, 0.2) is 42.9 Å². The normalized spacial score (nSPS) is 21.6. The molecule has 3 aromatic rings. The molecule has 2 N–H and O–H groups in total. The lowest BCUT2D eigenvalue weighted by Gasteiger charge is -2.32. The second kappa shape index (κ2) is 14.8. The fraction of sp³-hybridized carbons (Fsp3) is 0.632. The van der Waals surface area contributed by atoms with E-state index in [1.165, 1.54) is 6.33 Å². The Labute approximate surface area is 296 Å². The quantitative estimate of drug-likeness (QED) is 0.231. The topological polar surface area (TPSA) is 134 Å². The number of ether oxygens (including phenoxy) is 4. The lowest BCUT2D eigenvalue weighted by atomic mass is 10.0. The summed E-state index contributed by atoms with van der Waals surface area (Å²) in [6.07, 6.45) is 5.04. The number of aryl methyl sites for hydroxylation is 1. The second-order valence-electron chi connectivity index (χ2n) is 16.0. The van der Waals surface area contributed by atoms with E-state index < -0.39 is 23.1 Å². The van der Waals surface area contributed by atoms with Crippen LogP contribution in [0.2, 0.25) is 0 Å². The van der Waals surface area contributed by atoms with Crippen LogP contribution in [0.5, 0.6) is 0 Å². The van der Waals surface area contributed by atoms with Crippen LogP contribution >= 0.6 is 0 Å². The largest absolute Gasteiger partial charge is 0.444 e. The van der Waals surface area contributed by atoms with E-state index in [0.717, 1.165) is 28.6 Å². The van der Waals surface area contributed by atoms with Crippen LogP contribution in [0.4, 0.5) is 15.4 Å². The van der Waals surface area contributed by atoms with Gasteiger partial charge in [0.25, 0.3) is 0 Å². The number of amides is 2. The number of nitrogens with two attached hydrogens (primary N) is 1. The van der Waals surface area contributed by atoms with Crippen LogP contribution in [-0.4, -0.2) is 91.9 Å². The highest BCUT2D eigenvalue weighted by Gasteiger charge is 2.55. The lowest BCUT2D eigenvalue weighted by molar-refractivity contribution is -0.160. The average Bonchev–Trinajstić information content (AvgIpc) is 3.65. The van der Waals surface area contributed by atoms with E-state index in [2.05, 4.69) is 39.8 Å². The Bertz CT molecular complexity index is 1630. The Hall–Kier alpha value is -3.90. The zero-order chi connectivity index (χ0) is 36.4. The summed E-state index contributed by atoms with van der Waals surface area (Å²) < 4.78 is 26.9. The molecular weight excluding hydrogens is 636 g/mol. The number of benzene rings is 1. The van der Waals surface area contributed by atoms with Crippen LogP contribution in [0.25, 0.3) is 11.0 Å². The summed E-state index contributed by atoms with van der Waals surface area (Å²) in [5.41, 5.74) is 8.01. The highest BCUT2D eigenvalue weighted by molar-refractivity contribution is 5.90. The molecule has 1 aromatic carbocycles. The van der Waals surface area contributed by atoms with Crippen molar-refractivity contribution < 1.29 is 28.5 Å². The van der Waals surface area contributed by atoms with Crippen molar-refractivity contribution in [2.75, 3.05) is 31.9 Å². The van der Waals surface area contributed by atoms with Crippen LogP contribution in [0.3, 0.4) is 0 Å². The van der Waals surface area contributed by atoms with Gasteiger partial charge in [-0.15, -0.1) is 0 Å². The zero-order valence-corrected chi connectivity index (χ0v) is 31.3. The molecule has 5 rings (SSSR count). The van der Waals surface area contributed by atoms with Crippen molar-refractivity contribution in [3.8, 4) is 0 Å². The summed E-state index contributed by atoms with van der Waals surface area (Å²) >= 11 is 0. The number of anilines is 1. The van der Waals surface area contributed by atoms with E-state index >= 15 is 0 Å². The maximum atomic E-state index is 13.8. The molecule has 50 heavy (non-hydrogen) atoms. The maximum Gasteiger partial charge on any atom is 0.410 e. The van der Waals surface area contributed by atoms with Crippen molar-refractivity contribution in [2.45, 2.75) is 123 Å². The van der Waals surface area contributed by atoms with E-state index in [1.54, 1.807) is 9.80 Å². The molecule has 1 aliphatic carbocycles. The van der Waals surface area contributed by atoms with E-state index in [0.29, 0.717) is 51.3 Å². The van der Waals surface area contributed by atoms with Gasteiger partial charge in [-0.25, -0.2) is 19.6 Å². The number of nitrogen functional groups attached to an aromatic ring is 1. The molecule has 0 bridgehead atoms. The van der Waals surface area contributed by atoms with Gasteiger partial charge in [-0.2, -0.15) is 0 Å². The van der Waals surface area contributed by atoms with Gasteiger partial charge in [-0.1, -0.05) is 37.3 Å². The highest BCUT2D eigenvalue weighted by atomic mass is 16.8. The molecule has 2 fully saturated rings. The number of aromatic nitrogens is 3. The summed E-state index contributed by atoms with van der Waals surface area (Å²) in [5.74, 6) is -0.387. The molecule has 3 heterocycles. The molecule has 2 amide bonds. The molecule has 274 valence electrons. The summed E-state index contributed by atoms with van der Waals surface area (Å²) in [7, 11) is 0. The van der Waals surface area contributed by atoms with Crippen LogP contribution in [-0.2, 0) is 31.8 Å². The Morgan fingerprint density at radius 3 is 2.20 bits per heavy atom. The summed E-state index contributed by atoms with van der Waals surface area (Å²) in [5, 5.41) is 0.866. The van der Waals surface area contributed by atoms with Gasteiger partial charge in [0.1, 0.15) is 35.1 Å². The fourth-order valence-electron chi connectivity index (χ4n) is 7.06. The van der Waals surface area contributed by atoms with Gasteiger partial charge in [-0.3, -0.25) is 0 Å². The molecule has 1 aliphatic heterocycles. The number of fused-ring (bicyclic) bond motifs is 2. The number of hydrogen-bond donors (Lipinski definition) is 1. The Balaban J connectivity index is 1.36. The van der Waals surface area contributed by atoms with Crippen molar-refractivity contribution in [1.82, 2.24) is 24.3 Å². The Morgan fingerprint density at radius 1 is 0.940 bits per heavy atom. The SMILES string of the molecule is CCc1cn([C@@H]2C[C@H](CN(CCCN(CCc3ccccc3)C(=O)OC(C)(C)C)C(=O)OC(C)(C)C)[C@H]3OC(C)(C)O[C@H]32)c2ncnc(N)c12. The Morgan fingerprint density at radius 2 is 1.56 bits per heavy atom. The van der Waals surface area contributed by atoms with Crippen LogP contribution in [0.1, 0.15) is 92.3 Å². The summed E-state index contributed by atoms with van der Waals surface area (Å²) in [6, 6.07) is 9.98. The molecule has 0 radical (unpaired) electrons. The zero-order valence-electron chi connectivity index (χ0n) is 31.3. The van der Waals surface area contributed by atoms with E-state index in [1.807, 2.05) is 73.6 Å². The third kappa shape index (κ3) is 9.06. The van der Waals surface area contributed by atoms with Gasteiger partial charge >= 0.3 is 12.2 Å². The van der Waals surface area contributed by atoms with Gasteiger partial charge in [0.2, 0.25) is 0 Å². The van der Waals surface area contributed by atoms with Crippen LogP contribution < -0.4 is 5.73 Å². The molecular formula is C38H56N6O6. The van der Waals surface area contributed by atoms with Crippen LogP contribution in [0, 0.1) is 5.92 Å². The fourth-order valence-corrected chi connectivity index (χ4v) is 7.06. The van der Waals surface area contributed by atoms with Crippen molar-refractivity contribution >= 4 is 29.0 Å². The third-order valence-electron chi connectivity index (χ3n) is 9.13. The predicted molar refractivity (Wildman–Crippen MR) is 193 cm³/mol. The van der Waals surface area contributed by atoms with Crippen molar-refractivity contribution in [3.63, 3.8) is 0 Å². The number of carbonyl (C=O) groups is 2.